The van der Waals surface area contributed by atoms with Gasteiger partial charge in [-0.05, 0) is 36.2 Å². The van der Waals surface area contributed by atoms with Crippen LogP contribution in [0.5, 0.6) is 0 Å². The van der Waals surface area contributed by atoms with Gasteiger partial charge in [-0.25, -0.2) is 4.79 Å². The van der Waals surface area contributed by atoms with Crippen molar-refractivity contribution in [3.05, 3.63) is 52.8 Å². The Hall–Kier alpha value is -2.51. The van der Waals surface area contributed by atoms with Crippen LogP contribution in [-0.4, -0.2) is 16.2 Å². The Kier molecular flexibility index (Phi) is 4.69. The number of amides is 2. The lowest BCUT2D eigenvalue weighted by molar-refractivity contribution is -0.137. The summed E-state index contributed by atoms with van der Waals surface area (Å²) >= 11 is 0. The van der Waals surface area contributed by atoms with Gasteiger partial charge in [-0.3, -0.25) is 5.10 Å². The van der Waals surface area contributed by atoms with Crippen molar-refractivity contribution in [2.45, 2.75) is 26.2 Å². The van der Waals surface area contributed by atoms with Gasteiger partial charge >= 0.3 is 12.2 Å². The van der Waals surface area contributed by atoms with E-state index in [4.69, 9.17) is 0 Å². The lowest BCUT2D eigenvalue weighted by Crippen LogP contribution is -2.34. The van der Waals surface area contributed by atoms with Crippen LogP contribution in [0.2, 0.25) is 0 Å². The predicted octanol–water partition coefficient (Wildman–Crippen LogP) is 2.74. The summed E-state index contributed by atoms with van der Waals surface area (Å²) < 4.78 is 37.7. The lowest BCUT2D eigenvalue weighted by atomic mass is 10.0. The third kappa shape index (κ3) is 4.24. The fraction of sp³-hybridized carbons (Fsp3) is 0.286. The number of halogens is 3. The number of aromatic amines is 1. The normalized spacial score (nSPS) is 11.3. The minimum atomic E-state index is -4.36. The van der Waals surface area contributed by atoms with E-state index in [1.807, 2.05) is 0 Å². The largest absolute Gasteiger partial charge is 0.416 e. The molecule has 1 heterocycles. The second kappa shape index (κ2) is 6.50. The second-order valence-corrected chi connectivity index (χ2v) is 4.76. The summed E-state index contributed by atoms with van der Waals surface area (Å²) in [6, 6.07) is 4.76. The lowest BCUT2D eigenvalue weighted by Gasteiger charge is -2.12. The van der Waals surface area contributed by atoms with Crippen molar-refractivity contribution in [3.8, 4) is 0 Å². The van der Waals surface area contributed by atoms with Crippen molar-refractivity contribution in [3.63, 3.8) is 0 Å². The van der Waals surface area contributed by atoms with Crippen LogP contribution in [0.1, 0.15) is 22.4 Å². The van der Waals surface area contributed by atoms with Gasteiger partial charge in [0.2, 0.25) is 0 Å². The van der Waals surface area contributed by atoms with E-state index in [2.05, 4.69) is 20.8 Å². The van der Waals surface area contributed by atoms with Gasteiger partial charge < -0.3 is 10.6 Å². The predicted molar refractivity (Wildman–Crippen MR) is 73.8 cm³/mol. The highest BCUT2D eigenvalue weighted by Gasteiger charge is 2.30. The maximum Gasteiger partial charge on any atom is 0.416 e. The molecule has 0 fully saturated rings. The van der Waals surface area contributed by atoms with Gasteiger partial charge in [-0.2, -0.15) is 18.3 Å². The number of H-pyrrole nitrogens is 1. The topological polar surface area (TPSA) is 69.8 Å². The molecular formula is C14H15F3N4O. The monoisotopic (exact) mass is 312 g/mol. The molecule has 1 aromatic carbocycles. The average Bonchev–Trinajstić information content (AvgIpc) is 2.96. The summed E-state index contributed by atoms with van der Waals surface area (Å²) in [6.45, 7) is 2.02. The van der Waals surface area contributed by atoms with Crippen LogP contribution in [0.4, 0.5) is 18.0 Å². The van der Waals surface area contributed by atoms with E-state index in [1.165, 1.54) is 6.07 Å². The Bertz CT molecular complexity index is 638. The van der Waals surface area contributed by atoms with E-state index in [1.54, 1.807) is 19.2 Å². The summed E-state index contributed by atoms with van der Waals surface area (Å²) in [6.07, 6.45) is -2.79. The van der Waals surface area contributed by atoms with Gasteiger partial charge in [0.25, 0.3) is 0 Å². The van der Waals surface area contributed by atoms with Crippen molar-refractivity contribution in [2.75, 3.05) is 0 Å². The molecule has 22 heavy (non-hydrogen) atoms. The fourth-order valence-electron chi connectivity index (χ4n) is 1.87. The number of urea groups is 1. The third-order valence-electron chi connectivity index (χ3n) is 3.11. The first kappa shape index (κ1) is 15.9. The van der Waals surface area contributed by atoms with Gasteiger partial charge in [0.15, 0.2) is 0 Å². The molecule has 0 aliphatic rings. The smallest absolute Gasteiger partial charge is 0.334 e. The van der Waals surface area contributed by atoms with E-state index in [0.717, 1.165) is 17.8 Å². The number of carbonyl (C=O) groups excluding carboxylic acids is 1. The van der Waals surface area contributed by atoms with Gasteiger partial charge in [0.1, 0.15) is 0 Å². The minimum Gasteiger partial charge on any atom is -0.334 e. The fourth-order valence-corrected chi connectivity index (χ4v) is 1.87. The molecule has 5 nitrogen and oxygen atoms in total. The van der Waals surface area contributed by atoms with E-state index in [9.17, 15) is 18.0 Å². The number of hydrogen-bond donors (Lipinski definition) is 3. The molecule has 0 atom stereocenters. The summed E-state index contributed by atoms with van der Waals surface area (Å²) in [4.78, 5) is 11.6. The second-order valence-electron chi connectivity index (χ2n) is 4.76. The molecular weight excluding hydrogens is 297 g/mol. The van der Waals surface area contributed by atoms with Crippen LogP contribution >= 0.6 is 0 Å². The Labute approximate surface area is 124 Å². The van der Waals surface area contributed by atoms with Crippen molar-refractivity contribution < 1.29 is 18.0 Å². The molecule has 0 saturated carbocycles. The zero-order valence-corrected chi connectivity index (χ0v) is 11.8. The molecule has 0 aliphatic heterocycles. The van der Waals surface area contributed by atoms with E-state index in [-0.39, 0.29) is 13.1 Å². The molecule has 3 N–H and O–H groups in total. The number of hydrogen-bond acceptors (Lipinski definition) is 2. The first-order valence-electron chi connectivity index (χ1n) is 6.53. The van der Waals surface area contributed by atoms with Gasteiger partial charge in [0, 0.05) is 12.7 Å². The standard InChI is InChI=1S/C14H15F3N4O/c1-9-6-11(14(15,16)17)3-2-10(9)7-18-13(22)19-8-12-4-5-20-21-12/h2-6H,7-8H2,1H3,(H,20,21)(H2,18,19,22). The summed E-state index contributed by atoms with van der Waals surface area (Å²) in [7, 11) is 0. The van der Waals surface area contributed by atoms with Gasteiger partial charge in [0.05, 0.1) is 17.8 Å². The van der Waals surface area contributed by atoms with Gasteiger partial charge in [-0.15, -0.1) is 0 Å². The van der Waals surface area contributed by atoms with Crippen molar-refractivity contribution in [1.82, 2.24) is 20.8 Å². The molecule has 8 heteroatoms. The minimum absolute atomic E-state index is 0.152. The summed E-state index contributed by atoms with van der Waals surface area (Å²) in [5.74, 6) is 0. The van der Waals surface area contributed by atoms with Crippen LogP contribution in [0.15, 0.2) is 30.5 Å². The highest BCUT2D eigenvalue weighted by atomic mass is 19.4. The number of rotatable bonds is 4. The van der Waals surface area contributed by atoms with Gasteiger partial charge in [-0.1, -0.05) is 6.07 Å². The molecule has 0 bridgehead atoms. The van der Waals surface area contributed by atoms with Crippen LogP contribution in [-0.2, 0) is 19.3 Å². The number of aromatic nitrogens is 2. The number of nitrogens with one attached hydrogen (secondary N) is 3. The van der Waals surface area contributed by atoms with E-state index < -0.39 is 17.8 Å². The van der Waals surface area contributed by atoms with Crippen LogP contribution in [0.3, 0.4) is 0 Å². The van der Waals surface area contributed by atoms with E-state index in [0.29, 0.717) is 11.1 Å². The number of benzene rings is 1. The van der Waals surface area contributed by atoms with Crippen molar-refractivity contribution in [1.29, 1.82) is 0 Å². The molecule has 2 aromatic rings. The molecule has 1 aromatic heterocycles. The third-order valence-corrected chi connectivity index (χ3v) is 3.11. The summed E-state index contributed by atoms with van der Waals surface area (Å²) in [5.41, 5.74) is 1.16. The number of carbonyl (C=O) groups is 1. The SMILES string of the molecule is Cc1cc(C(F)(F)F)ccc1CNC(=O)NCc1ccn[nH]1. The number of alkyl halides is 3. The zero-order chi connectivity index (χ0) is 16.2. The quantitative estimate of drug-likeness (QED) is 0.812. The highest BCUT2D eigenvalue weighted by molar-refractivity contribution is 5.73. The van der Waals surface area contributed by atoms with Crippen LogP contribution in [0.25, 0.3) is 0 Å². The Morgan fingerprint density at radius 3 is 2.55 bits per heavy atom. The maximum absolute atomic E-state index is 12.6. The highest BCUT2D eigenvalue weighted by Crippen LogP contribution is 2.30. The van der Waals surface area contributed by atoms with E-state index >= 15 is 0 Å². The molecule has 2 rings (SSSR count). The summed E-state index contributed by atoms with van der Waals surface area (Å²) in [5, 5.41) is 11.6. The Morgan fingerprint density at radius 2 is 1.95 bits per heavy atom. The molecule has 0 saturated heterocycles. The number of aryl methyl sites for hydroxylation is 1. The molecule has 0 unspecified atom stereocenters. The molecule has 0 radical (unpaired) electrons. The first-order chi connectivity index (χ1) is 10.4. The van der Waals surface area contributed by atoms with Crippen molar-refractivity contribution in [2.24, 2.45) is 0 Å². The average molecular weight is 312 g/mol. The molecule has 118 valence electrons. The Balaban J connectivity index is 1.87. The zero-order valence-electron chi connectivity index (χ0n) is 11.8. The molecule has 0 spiro atoms. The van der Waals surface area contributed by atoms with Crippen LogP contribution < -0.4 is 10.6 Å². The molecule has 0 aliphatic carbocycles. The van der Waals surface area contributed by atoms with Crippen molar-refractivity contribution >= 4 is 6.03 Å². The molecule has 2 amide bonds. The van der Waals surface area contributed by atoms with Crippen LogP contribution in [0, 0.1) is 6.92 Å². The first-order valence-corrected chi connectivity index (χ1v) is 6.53. The Morgan fingerprint density at radius 1 is 1.23 bits per heavy atom. The maximum atomic E-state index is 12.6. The number of nitrogens with zero attached hydrogens (tertiary/aromatic N) is 1.